The molecule has 1 aliphatic rings. The van der Waals surface area contributed by atoms with Gasteiger partial charge in [-0.15, -0.1) is 0 Å². The van der Waals surface area contributed by atoms with E-state index in [9.17, 15) is 14.7 Å². The Morgan fingerprint density at radius 2 is 2.11 bits per heavy atom. The van der Waals surface area contributed by atoms with Crippen molar-refractivity contribution in [1.82, 2.24) is 4.90 Å². The van der Waals surface area contributed by atoms with E-state index >= 15 is 0 Å². The Morgan fingerprint density at radius 1 is 1.42 bits per heavy atom. The molecule has 2 rings (SSSR count). The molecule has 6 heteroatoms. The number of aliphatic hydroxyl groups excluding tert-OH is 1. The molecule has 1 heterocycles. The number of nitrogens with zero attached hydrogens (tertiary/aromatic N) is 1. The van der Waals surface area contributed by atoms with Crippen molar-refractivity contribution in [3.05, 3.63) is 33.8 Å². The van der Waals surface area contributed by atoms with Crippen molar-refractivity contribution < 1.29 is 19.8 Å². The van der Waals surface area contributed by atoms with Crippen molar-refractivity contribution in [2.24, 2.45) is 0 Å². The number of rotatable bonds is 2. The van der Waals surface area contributed by atoms with Gasteiger partial charge >= 0.3 is 5.97 Å². The first-order valence-electron chi connectivity index (χ1n) is 5.88. The van der Waals surface area contributed by atoms with Gasteiger partial charge in [0.1, 0.15) is 6.04 Å². The lowest BCUT2D eigenvalue weighted by Gasteiger charge is -2.21. The molecule has 2 atom stereocenters. The number of aliphatic hydroxyl groups is 1. The Balaban J connectivity index is 2.30. The van der Waals surface area contributed by atoms with E-state index in [4.69, 9.17) is 5.11 Å². The van der Waals surface area contributed by atoms with Gasteiger partial charge in [-0.25, -0.2) is 4.79 Å². The van der Waals surface area contributed by atoms with Gasteiger partial charge in [0.05, 0.1) is 11.7 Å². The molecule has 1 aromatic rings. The van der Waals surface area contributed by atoms with E-state index in [0.717, 1.165) is 5.56 Å². The number of aryl methyl sites for hydroxylation is 1. The monoisotopic (exact) mass is 327 g/mol. The van der Waals surface area contributed by atoms with Gasteiger partial charge in [-0.05, 0) is 40.5 Å². The van der Waals surface area contributed by atoms with Crippen LogP contribution in [0.5, 0.6) is 0 Å². The van der Waals surface area contributed by atoms with Crippen LogP contribution in [0.25, 0.3) is 0 Å². The minimum Gasteiger partial charge on any atom is -0.480 e. The normalized spacial score (nSPS) is 22.6. The van der Waals surface area contributed by atoms with Crippen LogP contribution in [0.2, 0.25) is 0 Å². The molecule has 0 spiro atoms. The minimum atomic E-state index is -1.09. The zero-order valence-electron chi connectivity index (χ0n) is 10.3. The van der Waals surface area contributed by atoms with Gasteiger partial charge in [0, 0.05) is 17.4 Å². The maximum atomic E-state index is 12.4. The molecular weight excluding hydrogens is 314 g/mol. The molecular formula is C13H14BrNO4. The van der Waals surface area contributed by atoms with Crippen molar-refractivity contribution in [1.29, 1.82) is 0 Å². The highest BCUT2D eigenvalue weighted by molar-refractivity contribution is 9.10. The van der Waals surface area contributed by atoms with Gasteiger partial charge in [0.15, 0.2) is 0 Å². The van der Waals surface area contributed by atoms with Crippen LogP contribution in [0, 0.1) is 6.92 Å². The third-order valence-electron chi connectivity index (χ3n) is 3.18. The number of hydrogen-bond acceptors (Lipinski definition) is 3. The van der Waals surface area contributed by atoms with E-state index in [1.165, 1.54) is 4.90 Å². The molecule has 1 aliphatic heterocycles. The Kier molecular flexibility index (Phi) is 3.91. The standard InChI is InChI=1S/C13H14BrNO4/c1-7-2-3-9(10(14)4-7)12(17)15-6-8(16)5-11(15)13(18)19/h2-4,8,11,16H,5-6H2,1H3,(H,18,19)/t8-,11-/m1/s1. The van der Waals surface area contributed by atoms with Crippen LogP contribution in [-0.2, 0) is 4.79 Å². The summed E-state index contributed by atoms with van der Waals surface area (Å²) in [6, 6.07) is 4.29. The predicted octanol–water partition coefficient (Wildman–Crippen LogP) is 1.42. The van der Waals surface area contributed by atoms with E-state index in [2.05, 4.69) is 15.9 Å². The highest BCUT2D eigenvalue weighted by atomic mass is 79.9. The maximum absolute atomic E-state index is 12.4. The number of benzene rings is 1. The lowest BCUT2D eigenvalue weighted by molar-refractivity contribution is -0.141. The largest absolute Gasteiger partial charge is 0.480 e. The second-order valence-electron chi connectivity index (χ2n) is 4.68. The van der Waals surface area contributed by atoms with E-state index in [1.54, 1.807) is 18.2 Å². The molecule has 0 radical (unpaired) electrons. The van der Waals surface area contributed by atoms with Gasteiger partial charge in [0.2, 0.25) is 0 Å². The molecule has 0 saturated carbocycles. The highest BCUT2D eigenvalue weighted by Crippen LogP contribution is 2.25. The molecule has 102 valence electrons. The minimum absolute atomic E-state index is 0.0517. The van der Waals surface area contributed by atoms with E-state index in [-0.39, 0.29) is 18.9 Å². The van der Waals surface area contributed by atoms with Crippen LogP contribution < -0.4 is 0 Å². The van der Waals surface area contributed by atoms with Crippen LogP contribution in [0.1, 0.15) is 22.3 Å². The fraction of sp³-hybridized carbons (Fsp3) is 0.385. The molecule has 5 nitrogen and oxygen atoms in total. The average molecular weight is 328 g/mol. The van der Waals surface area contributed by atoms with E-state index in [1.807, 2.05) is 6.92 Å². The number of halogens is 1. The SMILES string of the molecule is Cc1ccc(C(=O)N2C[C@H](O)C[C@@H]2C(=O)O)c(Br)c1. The second kappa shape index (κ2) is 5.30. The van der Waals surface area contributed by atoms with E-state index < -0.39 is 18.1 Å². The molecule has 1 fully saturated rings. The van der Waals surface area contributed by atoms with Gasteiger partial charge in [-0.2, -0.15) is 0 Å². The molecule has 19 heavy (non-hydrogen) atoms. The van der Waals surface area contributed by atoms with Gasteiger partial charge in [-0.1, -0.05) is 6.07 Å². The number of aliphatic carboxylic acids is 1. The summed E-state index contributed by atoms with van der Waals surface area (Å²) in [5.41, 5.74) is 1.41. The summed E-state index contributed by atoms with van der Waals surface area (Å²) < 4.78 is 0.628. The van der Waals surface area contributed by atoms with Crippen LogP contribution >= 0.6 is 15.9 Å². The zero-order chi connectivity index (χ0) is 14.2. The quantitative estimate of drug-likeness (QED) is 0.861. The molecule has 0 aromatic heterocycles. The third-order valence-corrected chi connectivity index (χ3v) is 3.84. The molecule has 1 saturated heterocycles. The number of hydrogen-bond donors (Lipinski definition) is 2. The Morgan fingerprint density at radius 3 is 2.68 bits per heavy atom. The first-order chi connectivity index (χ1) is 8.90. The van der Waals surface area contributed by atoms with E-state index in [0.29, 0.717) is 10.0 Å². The Bertz CT molecular complexity index is 531. The fourth-order valence-corrected chi connectivity index (χ4v) is 2.88. The summed E-state index contributed by atoms with van der Waals surface area (Å²) in [5.74, 6) is -1.47. The predicted molar refractivity (Wildman–Crippen MR) is 72.0 cm³/mol. The molecule has 0 aliphatic carbocycles. The van der Waals surface area contributed by atoms with Gasteiger partial charge in [-0.3, -0.25) is 4.79 Å². The smallest absolute Gasteiger partial charge is 0.326 e. The fourth-order valence-electron chi connectivity index (χ4n) is 2.22. The number of carboxylic acid groups (broad SMARTS) is 1. The summed E-state index contributed by atoms with van der Waals surface area (Å²) in [5, 5.41) is 18.7. The molecule has 0 bridgehead atoms. The number of amides is 1. The number of β-amino-alcohol motifs (C(OH)–C–C–N with tert-alkyl or cyclic N) is 1. The number of carbonyl (C=O) groups excluding carboxylic acids is 1. The topological polar surface area (TPSA) is 77.8 Å². The van der Waals surface area contributed by atoms with Gasteiger partial charge < -0.3 is 15.1 Å². The summed E-state index contributed by atoms with van der Waals surface area (Å²) in [6.45, 7) is 1.95. The first-order valence-corrected chi connectivity index (χ1v) is 6.67. The van der Waals surface area contributed by atoms with Crippen LogP contribution in [0.4, 0.5) is 0 Å². The number of carbonyl (C=O) groups is 2. The Hall–Kier alpha value is -1.40. The lowest BCUT2D eigenvalue weighted by Crippen LogP contribution is -2.40. The molecule has 1 aromatic carbocycles. The van der Waals surface area contributed by atoms with Crippen LogP contribution in [-0.4, -0.2) is 45.7 Å². The second-order valence-corrected chi connectivity index (χ2v) is 5.54. The highest BCUT2D eigenvalue weighted by Gasteiger charge is 2.39. The molecule has 1 amide bonds. The third kappa shape index (κ3) is 2.79. The van der Waals surface area contributed by atoms with Gasteiger partial charge in [0.25, 0.3) is 5.91 Å². The zero-order valence-corrected chi connectivity index (χ0v) is 11.9. The van der Waals surface area contributed by atoms with Crippen LogP contribution in [0.15, 0.2) is 22.7 Å². The first kappa shape index (κ1) is 14.0. The number of carboxylic acids is 1. The molecule has 0 unspecified atom stereocenters. The summed E-state index contributed by atoms with van der Waals surface area (Å²) in [7, 11) is 0. The van der Waals surface area contributed by atoms with Crippen molar-refractivity contribution in [2.45, 2.75) is 25.5 Å². The number of likely N-dealkylation sites (tertiary alicyclic amines) is 1. The Labute approximate surface area is 119 Å². The molecule has 2 N–H and O–H groups in total. The van der Waals surface area contributed by atoms with Crippen molar-refractivity contribution in [3.63, 3.8) is 0 Å². The van der Waals surface area contributed by atoms with Crippen molar-refractivity contribution in [2.75, 3.05) is 6.54 Å². The lowest BCUT2D eigenvalue weighted by atomic mass is 10.1. The van der Waals surface area contributed by atoms with Crippen LogP contribution in [0.3, 0.4) is 0 Å². The summed E-state index contributed by atoms with van der Waals surface area (Å²) >= 11 is 3.31. The van der Waals surface area contributed by atoms with Crippen molar-refractivity contribution in [3.8, 4) is 0 Å². The average Bonchev–Trinajstić information content (AvgIpc) is 2.70. The maximum Gasteiger partial charge on any atom is 0.326 e. The summed E-state index contributed by atoms with van der Waals surface area (Å²) in [6.07, 6.45) is -0.709. The summed E-state index contributed by atoms with van der Waals surface area (Å²) in [4.78, 5) is 24.7. The van der Waals surface area contributed by atoms with Crippen molar-refractivity contribution >= 4 is 27.8 Å².